The normalized spacial score (nSPS) is 17.6. The van der Waals surface area contributed by atoms with Gasteiger partial charge in [0, 0.05) is 108 Å². The Balaban J connectivity index is 0.913. The Hall–Kier alpha value is -5.67. The fourth-order valence-corrected chi connectivity index (χ4v) is 7.81. The van der Waals surface area contributed by atoms with E-state index in [0.29, 0.717) is 31.0 Å². The maximum atomic E-state index is 13.9. The summed E-state index contributed by atoms with van der Waals surface area (Å²) in [6.07, 6.45) is 5.21. The number of anilines is 6. The number of halogens is 3. The average molecular weight is 824 g/mol. The molecule has 0 unspecified atom stereocenters. The standard InChI is InChI=1S/C37H44F3N13O4S/c1-49(58(2,56)57)34-30(42-12-13-43-34)22-44-33-29(37(38,39)40)21-45-35(48-33)46-26-3-5-27(6-4-26)51-14-8-28(9-15-51)52-19-17-50(18-20-52)24-25-7-11-41-23-31(25)53-16-10-32(54)47-36(53)55/h3-7,11-13,21,23,28H,8-10,14-20,22,24H2,1-2H3,(H,47,54,55)(H2,44,45,46,48). The van der Waals surface area contributed by atoms with Crippen LogP contribution in [0.1, 0.15) is 36.1 Å². The van der Waals surface area contributed by atoms with E-state index in [1.165, 1.54) is 19.4 Å². The van der Waals surface area contributed by atoms with Gasteiger partial charge in [0.25, 0.3) is 0 Å². The Labute approximate surface area is 333 Å². The number of sulfonamides is 1. The van der Waals surface area contributed by atoms with Crippen molar-refractivity contribution in [2.45, 2.75) is 44.6 Å². The monoisotopic (exact) mass is 823 g/mol. The molecule has 3 amide bonds. The van der Waals surface area contributed by atoms with Crippen LogP contribution >= 0.6 is 0 Å². The smallest absolute Gasteiger partial charge is 0.371 e. The van der Waals surface area contributed by atoms with Gasteiger partial charge in [0.1, 0.15) is 17.1 Å². The predicted molar refractivity (Wildman–Crippen MR) is 211 cm³/mol. The molecule has 17 nitrogen and oxygen atoms in total. The van der Waals surface area contributed by atoms with E-state index in [0.717, 1.165) is 79.6 Å². The summed E-state index contributed by atoms with van der Waals surface area (Å²) in [5.74, 6) is -0.863. The molecular weight excluding hydrogens is 780 g/mol. The topological polar surface area (TPSA) is 185 Å². The minimum Gasteiger partial charge on any atom is -0.371 e. The van der Waals surface area contributed by atoms with Crippen molar-refractivity contribution in [3.63, 3.8) is 0 Å². The molecule has 0 bridgehead atoms. The largest absolute Gasteiger partial charge is 0.421 e. The number of pyridine rings is 1. The second-order valence-electron chi connectivity index (χ2n) is 14.3. The molecule has 6 heterocycles. The first-order valence-electron chi connectivity index (χ1n) is 18.8. The van der Waals surface area contributed by atoms with Crippen LogP contribution in [-0.4, -0.2) is 120 Å². The van der Waals surface area contributed by atoms with Crippen LogP contribution in [0.3, 0.4) is 0 Å². The lowest BCUT2D eigenvalue weighted by Gasteiger charge is -2.43. The number of carbonyl (C=O) groups excluding carboxylic acids is 2. The minimum absolute atomic E-state index is 0.0261. The van der Waals surface area contributed by atoms with Gasteiger partial charge >= 0.3 is 12.2 Å². The Morgan fingerprint density at radius 2 is 1.64 bits per heavy atom. The Bertz CT molecular complexity index is 2220. The molecule has 0 spiro atoms. The number of aromatic nitrogens is 5. The summed E-state index contributed by atoms with van der Waals surface area (Å²) in [6.45, 7) is 6.16. The molecule has 3 fully saturated rings. The van der Waals surface area contributed by atoms with E-state index in [2.05, 4.69) is 55.6 Å². The van der Waals surface area contributed by atoms with E-state index in [9.17, 15) is 31.2 Å². The first-order chi connectivity index (χ1) is 27.7. The molecule has 4 aromatic rings. The van der Waals surface area contributed by atoms with Crippen LogP contribution in [-0.2, 0) is 34.1 Å². The predicted octanol–water partition coefficient (Wildman–Crippen LogP) is 3.66. The number of hydrogen-bond donors (Lipinski definition) is 3. The molecule has 308 valence electrons. The van der Waals surface area contributed by atoms with Gasteiger partial charge < -0.3 is 15.5 Å². The molecule has 1 aromatic carbocycles. The fraction of sp³-hybridized carbons (Fsp3) is 0.432. The van der Waals surface area contributed by atoms with Crippen LogP contribution in [0.15, 0.2) is 61.3 Å². The highest BCUT2D eigenvalue weighted by atomic mass is 32.2. The van der Waals surface area contributed by atoms with Crippen molar-refractivity contribution in [2.75, 3.05) is 83.9 Å². The molecule has 58 heavy (non-hydrogen) atoms. The molecule has 7 rings (SSSR count). The number of urea groups is 1. The Kier molecular flexibility index (Phi) is 11.9. The minimum atomic E-state index is -4.76. The summed E-state index contributed by atoms with van der Waals surface area (Å²) in [6, 6.07) is 9.55. The molecule has 0 atom stereocenters. The van der Waals surface area contributed by atoms with Crippen LogP contribution in [0.5, 0.6) is 0 Å². The quantitative estimate of drug-likeness (QED) is 0.188. The highest BCUT2D eigenvalue weighted by molar-refractivity contribution is 7.92. The van der Waals surface area contributed by atoms with E-state index < -0.39 is 33.6 Å². The van der Waals surface area contributed by atoms with Gasteiger partial charge in [-0.1, -0.05) is 0 Å². The van der Waals surface area contributed by atoms with E-state index >= 15 is 0 Å². The highest BCUT2D eigenvalue weighted by Gasteiger charge is 2.36. The van der Waals surface area contributed by atoms with Gasteiger partial charge in [-0.05, 0) is 48.7 Å². The molecule has 3 aromatic heterocycles. The first-order valence-corrected chi connectivity index (χ1v) is 20.6. The number of hydrogen-bond acceptors (Lipinski definition) is 14. The van der Waals surface area contributed by atoms with E-state index in [1.807, 2.05) is 30.3 Å². The van der Waals surface area contributed by atoms with Crippen LogP contribution in [0.25, 0.3) is 0 Å². The summed E-state index contributed by atoms with van der Waals surface area (Å²) >= 11 is 0. The third kappa shape index (κ3) is 9.54. The number of nitrogens with zero attached hydrogens (tertiary/aromatic N) is 10. The second-order valence-corrected chi connectivity index (χ2v) is 16.3. The number of piperidine rings is 1. The van der Waals surface area contributed by atoms with Gasteiger partial charge in [0.15, 0.2) is 5.82 Å². The van der Waals surface area contributed by atoms with Crippen molar-refractivity contribution in [3.05, 3.63) is 78.1 Å². The summed E-state index contributed by atoms with van der Waals surface area (Å²) in [4.78, 5) is 53.4. The third-order valence-corrected chi connectivity index (χ3v) is 11.7. The van der Waals surface area contributed by atoms with Crippen molar-refractivity contribution < 1.29 is 31.2 Å². The molecule has 3 saturated heterocycles. The molecule has 0 aliphatic carbocycles. The van der Waals surface area contributed by atoms with Crippen molar-refractivity contribution >= 4 is 56.6 Å². The zero-order valence-electron chi connectivity index (χ0n) is 32.0. The molecule has 3 aliphatic heterocycles. The van der Waals surface area contributed by atoms with Crippen molar-refractivity contribution in [1.82, 2.24) is 40.0 Å². The molecule has 0 radical (unpaired) electrons. The average Bonchev–Trinajstić information content (AvgIpc) is 3.20. The molecule has 0 saturated carbocycles. The lowest BCUT2D eigenvalue weighted by Crippen LogP contribution is -2.53. The first kappa shape index (κ1) is 40.5. The number of alkyl halides is 3. The third-order valence-electron chi connectivity index (χ3n) is 10.6. The molecule has 21 heteroatoms. The van der Waals surface area contributed by atoms with Crippen LogP contribution in [0, 0.1) is 0 Å². The van der Waals surface area contributed by atoms with Crippen LogP contribution in [0.2, 0.25) is 0 Å². The van der Waals surface area contributed by atoms with Crippen LogP contribution in [0.4, 0.5) is 52.6 Å². The number of piperazine rings is 1. The second kappa shape index (κ2) is 17.0. The van der Waals surface area contributed by atoms with Crippen molar-refractivity contribution in [1.29, 1.82) is 0 Å². The SMILES string of the molecule is CN(c1nccnc1CNc1nc(Nc2ccc(N3CCC(N4CCN(Cc5ccncc5N5CCC(=O)NC5=O)CC4)CC3)cc2)ncc1C(F)(F)F)S(C)(=O)=O. The highest BCUT2D eigenvalue weighted by Crippen LogP contribution is 2.35. The van der Waals surface area contributed by atoms with Crippen LogP contribution < -0.4 is 30.1 Å². The van der Waals surface area contributed by atoms with Gasteiger partial charge in [-0.25, -0.2) is 23.2 Å². The summed E-state index contributed by atoms with van der Waals surface area (Å²) in [5, 5.41) is 8.02. The molecule has 3 N–H and O–H groups in total. The maximum absolute atomic E-state index is 13.9. The summed E-state index contributed by atoms with van der Waals surface area (Å²) < 4.78 is 66.9. The van der Waals surface area contributed by atoms with E-state index in [-0.39, 0.29) is 36.3 Å². The maximum Gasteiger partial charge on any atom is 0.421 e. The lowest BCUT2D eigenvalue weighted by molar-refractivity contribution is -0.137. The van der Waals surface area contributed by atoms with Gasteiger partial charge in [0.2, 0.25) is 21.9 Å². The van der Waals surface area contributed by atoms with Crippen molar-refractivity contribution in [2.24, 2.45) is 0 Å². The molecular formula is C37H44F3N13O4S. The Morgan fingerprint density at radius 1 is 0.914 bits per heavy atom. The van der Waals surface area contributed by atoms with Crippen molar-refractivity contribution in [3.8, 4) is 0 Å². The fourth-order valence-electron chi connectivity index (χ4n) is 7.34. The van der Waals surface area contributed by atoms with Gasteiger partial charge in [-0.3, -0.25) is 39.1 Å². The van der Waals surface area contributed by atoms with E-state index in [4.69, 9.17) is 0 Å². The number of carbonyl (C=O) groups is 2. The number of amides is 3. The number of imide groups is 1. The Morgan fingerprint density at radius 3 is 2.33 bits per heavy atom. The number of benzene rings is 1. The summed E-state index contributed by atoms with van der Waals surface area (Å²) in [5.41, 5.74) is 2.36. The summed E-state index contributed by atoms with van der Waals surface area (Å²) in [7, 11) is -2.42. The zero-order valence-corrected chi connectivity index (χ0v) is 32.8. The zero-order chi connectivity index (χ0) is 41.0. The van der Waals surface area contributed by atoms with Gasteiger partial charge in [0.05, 0.1) is 24.7 Å². The molecule has 3 aliphatic rings. The number of rotatable bonds is 12. The van der Waals surface area contributed by atoms with Gasteiger partial charge in [-0.15, -0.1) is 0 Å². The van der Waals surface area contributed by atoms with E-state index in [1.54, 1.807) is 17.3 Å². The van der Waals surface area contributed by atoms with Gasteiger partial charge in [-0.2, -0.15) is 18.2 Å². The number of nitrogens with one attached hydrogen (secondary N) is 3. The lowest BCUT2D eigenvalue weighted by atomic mass is 10.0.